The van der Waals surface area contributed by atoms with Gasteiger partial charge in [0.05, 0.1) is 19.2 Å². The van der Waals surface area contributed by atoms with Crippen LogP contribution in [0.3, 0.4) is 0 Å². The van der Waals surface area contributed by atoms with E-state index in [1.165, 1.54) is 7.11 Å². The number of phenolic OH excluding ortho intramolecular Hbond substituents is 1. The minimum absolute atomic E-state index is 0.0997. The number of phenols is 1. The standard InChI is InChI=1S/C16H16N2O3/c1-3-21-15-7-5-4-6-13(15)18-10-11-8-14(19)16(20-2)9-12(11)17-18/h4-10,19H,3H2,1-2H3. The number of ether oxygens (including phenoxy) is 2. The third-order valence-electron chi connectivity index (χ3n) is 3.22. The first kappa shape index (κ1) is 13.3. The number of benzene rings is 2. The molecule has 0 fully saturated rings. The third-order valence-corrected chi connectivity index (χ3v) is 3.22. The average molecular weight is 284 g/mol. The first-order chi connectivity index (χ1) is 10.2. The SMILES string of the molecule is CCOc1ccccc1-n1cc2cc(O)c(OC)cc2n1. The number of methoxy groups -OCH3 is 1. The van der Waals surface area contributed by atoms with Crippen molar-refractivity contribution in [2.24, 2.45) is 0 Å². The summed E-state index contributed by atoms with van der Waals surface area (Å²) in [4.78, 5) is 0. The molecule has 2 aromatic carbocycles. The summed E-state index contributed by atoms with van der Waals surface area (Å²) >= 11 is 0. The van der Waals surface area contributed by atoms with Crippen LogP contribution < -0.4 is 9.47 Å². The van der Waals surface area contributed by atoms with Crippen LogP contribution >= 0.6 is 0 Å². The van der Waals surface area contributed by atoms with Crippen molar-refractivity contribution in [2.45, 2.75) is 6.92 Å². The Labute approximate surface area is 122 Å². The van der Waals surface area contributed by atoms with Gasteiger partial charge in [0.2, 0.25) is 0 Å². The second-order valence-electron chi connectivity index (χ2n) is 4.56. The molecule has 0 unspecified atom stereocenters. The first-order valence-corrected chi connectivity index (χ1v) is 6.71. The second-order valence-corrected chi connectivity index (χ2v) is 4.56. The molecule has 1 heterocycles. The Bertz CT molecular complexity index is 780. The normalized spacial score (nSPS) is 10.8. The Morgan fingerprint density at radius 1 is 1.19 bits per heavy atom. The summed E-state index contributed by atoms with van der Waals surface area (Å²) in [6.45, 7) is 2.53. The molecule has 0 radical (unpaired) electrons. The van der Waals surface area contributed by atoms with Crippen molar-refractivity contribution in [3.8, 4) is 22.9 Å². The zero-order valence-electron chi connectivity index (χ0n) is 11.9. The molecule has 0 saturated heterocycles. The molecule has 1 aromatic heterocycles. The lowest BCUT2D eigenvalue weighted by Gasteiger charge is -2.09. The first-order valence-electron chi connectivity index (χ1n) is 6.71. The topological polar surface area (TPSA) is 56.5 Å². The molecular formula is C16H16N2O3. The minimum Gasteiger partial charge on any atom is -0.504 e. The number of hydrogen-bond acceptors (Lipinski definition) is 4. The summed E-state index contributed by atoms with van der Waals surface area (Å²) in [6.07, 6.45) is 1.85. The van der Waals surface area contributed by atoms with E-state index >= 15 is 0 Å². The highest BCUT2D eigenvalue weighted by atomic mass is 16.5. The molecule has 0 aliphatic carbocycles. The molecule has 0 amide bonds. The third kappa shape index (κ3) is 2.38. The Morgan fingerprint density at radius 3 is 2.76 bits per heavy atom. The van der Waals surface area contributed by atoms with E-state index in [-0.39, 0.29) is 5.75 Å². The van der Waals surface area contributed by atoms with Crippen LogP contribution in [0.5, 0.6) is 17.2 Å². The van der Waals surface area contributed by atoms with Crippen LogP contribution in [-0.2, 0) is 0 Å². The Hall–Kier alpha value is -2.69. The molecule has 0 saturated carbocycles. The summed E-state index contributed by atoms with van der Waals surface area (Å²) in [6, 6.07) is 11.1. The number of hydrogen-bond donors (Lipinski definition) is 1. The Kier molecular flexibility index (Phi) is 3.39. The smallest absolute Gasteiger partial charge is 0.162 e. The lowest BCUT2D eigenvalue weighted by Crippen LogP contribution is -2.00. The van der Waals surface area contributed by atoms with Crippen LogP contribution in [0.2, 0.25) is 0 Å². The van der Waals surface area contributed by atoms with E-state index in [9.17, 15) is 5.11 Å². The molecule has 0 spiro atoms. The maximum Gasteiger partial charge on any atom is 0.162 e. The van der Waals surface area contributed by atoms with Crippen LogP contribution in [0.15, 0.2) is 42.6 Å². The number of para-hydroxylation sites is 2. The fraction of sp³-hybridized carbons (Fsp3) is 0.188. The van der Waals surface area contributed by atoms with Gasteiger partial charge in [-0.3, -0.25) is 0 Å². The zero-order chi connectivity index (χ0) is 14.8. The number of nitrogens with zero attached hydrogens (tertiary/aromatic N) is 2. The highest BCUT2D eigenvalue weighted by Crippen LogP contribution is 2.32. The fourth-order valence-electron chi connectivity index (χ4n) is 2.25. The van der Waals surface area contributed by atoms with E-state index < -0.39 is 0 Å². The van der Waals surface area contributed by atoms with Gasteiger partial charge in [-0.2, -0.15) is 5.10 Å². The number of aromatic hydroxyl groups is 1. The predicted octanol–water partition coefficient (Wildman–Crippen LogP) is 3.14. The van der Waals surface area contributed by atoms with E-state index in [0.717, 1.165) is 22.3 Å². The largest absolute Gasteiger partial charge is 0.504 e. The van der Waals surface area contributed by atoms with Gasteiger partial charge in [-0.05, 0) is 25.1 Å². The van der Waals surface area contributed by atoms with Gasteiger partial charge < -0.3 is 14.6 Å². The highest BCUT2D eigenvalue weighted by molar-refractivity contribution is 5.82. The lowest BCUT2D eigenvalue weighted by atomic mass is 10.2. The van der Waals surface area contributed by atoms with E-state index in [0.29, 0.717) is 12.4 Å². The van der Waals surface area contributed by atoms with Crippen LogP contribution in [0.4, 0.5) is 0 Å². The zero-order valence-corrected chi connectivity index (χ0v) is 11.9. The Morgan fingerprint density at radius 2 is 2.00 bits per heavy atom. The van der Waals surface area contributed by atoms with E-state index in [2.05, 4.69) is 5.10 Å². The second kappa shape index (κ2) is 5.36. The number of fused-ring (bicyclic) bond motifs is 1. The number of aromatic nitrogens is 2. The summed E-state index contributed by atoms with van der Waals surface area (Å²) < 4.78 is 12.5. The molecular weight excluding hydrogens is 268 g/mol. The molecule has 0 aliphatic rings. The fourth-order valence-corrected chi connectivity index (χ4v) is 2.25. The molecule has 108 valence electrons. The van der Waals surface area contributed by atoms with Gasteiger partial charge in [0.1, 0.15) is 11.4 Å². The van der Waals surface area contributed by atoms with Gasteiger partial charge in [-0.25, -0.2) is 4.68 Å². The van der Waals surface area contributed by atoms with Crippen molar-refractivity contribution in [3.05, 3.63) is 42.6 Å². The molecule has 0 atom stereocenters. The quantitative estimate of drug-likeness (QED) is 0.799. The van der Waals surface area contributed by atoms with Gasteiger partial charge in [0.25, 0.3) is 0 Å². The summed E-state index contributed by atoms with van der Waals surface area (Å²) in [5, 5.41) is 15.2. The van der Waals surface area contributed by atoms with Gasteiger partial charge in [-0.1, -0.05) is 12.1 Å². The maximum atomic E-state index is 9.84. The van der Waals surface area contributed by atoms with Gasteiger partial charge in [0.15, 0.2) is 11.5 Å². The monoisotopic (exact) mass is 284 g/mol. The van der Waals surface area contributed by atoms with Crippen molar-refractivity contribution in [1.82, 2.24) is 9.78 Å². The van der Waals surface area contributed by atoms with Crippen molar-refractivity contribution >= 4 is 10.9 Å². The highest BCUT2D eigenvalue weighted by Gasteiger charge is 2.11. The maximum absolute atomic E-state index is 9.84. The van der Waals surface area contributed by atoms with E-state index in [1.807, 2.05) is 37.4 Å². The molecule has 5 heteroatoms. The minimum atomic E-state index is 0.0997. The summed E-state index contributed by atoms with van der Waals surface area (Å²) in [7, 11) is 1.52. The molecule has 5 nitrogen and oxygen atoms in total. The number of rotatable bonds is 4. The van der Waals surface area contributed by atoms with Crippen LogP contribution in [0, 0.1) is 0 Å². The van der Waals surface area contributed by atoms with Crippen molar-refractivity contribution in [1.29, 1.82) is 0 Å². The molecule has 3 aromatic rings. The van der Waals surface area contributed by atoms with Crippen LogP contribution in [0.25, 0.3) is 16.6 Å². The summed E-state index contributed by atoms with van der Waals surface area (Å²) in [5.41, 5.74) is 1.60. The molecule has 3 rings (SSSR count). The summed E-state index contributed by atoms with van der Waals surface area (Å²) in [5.74, 6) is 1.28. The van der Waals surface area contributed by atoms with Crippen molar-refractivity contribution in [3.63, 3.8) is 0 Å². The predicted molar refractivity (Wildman–Crippen MR) is 80.5 cm³/mol. The van der Waals surface area contributed by atoms with Crippen molar-refractivity contribution < 1.29 is 14.6 Å². The molecule has 1 N–H and O–H groups in total. The molecule has 21 heavy (non-hydrogen) atoms. The van der Waals surface area contributed by atoms with Gasteiger partial charge in [-0.15, -0.1) is 0 Å². The Balaban J connectivity index is 2.13. The van der Waals surface area contributed by atoms with Gasteiger partial charge in [0, 0.05) is 17.6 Å². The molecule has 0 bridgehead atoms. The molecule has 0 aliphatic heterocycles. The van der Waals surface area contributed by atoms with Crippen molar-refractivity contribution in [2.75, 3.05) is 13.7 Å². The van der Waals surface area contributed by atoms with Crippen LogP contribution in [0.1, 0.15) is 6.92 Å². The van der Waals surface area contributed by atoms with Crippen LogP contribution in [-0.4, -0.2) is 28.6 Å². The van der Waals surface area contributed by atoms with E-state index in [1.54, 1.807) is 16.8 Å². The average Bonchev–Trinajstić information content (AvgIpc) is 2.89. The lowest BCUT2D eigenvalue weighted by molar-refractivity contribution is 0.338. The van der Waals surface area contributed by atoms with Gasteiger partial charge >= 0.3 is 0 Å². The van der Waals surface area contributed by atoms with E-state index in [4.69, 9.17) is 9.47 Å².